The number of aromatic nitrogens is 2. The van der Waals surface area contributed by atoms with Gasteiger partial charge in [0.1, 0.15) is 11.6 Å². The number of anilines is 1. The van der Waals surface area contributed by atoms with Crippen molar-refractivity contribution in [2.45, 2.75) is 6.54 Å². The Kier molecular flexibility index (Phi) is 5.22. The van der Waals surface area contributed by atoms with Crippen molar-refractivity contribution in [3.63, 3.8) is 0 Å². The predicted octanol–water partition coefficient (Wildman–Crippen LogP) is 4.55. The Bertz CT molecular complexity index is 887. The van der Waals surface area contributed by atoms with E-state index in [0.29, 0.717) is 17.9 Å². The van der Waals surface area contributed by atoms with Crippen molar-refractivity contribution in [3.05, 3.63) is 74.8 Å². The van der Waals surface area contributed by atoms with Gasteiger partial charge in [-0.15, -0.1) is 11.3 Å². The van der Waals surface area contributed by atoms with Crippen LogP contribution in [0.25, 0.3) is 6.08 Å². The van der Waals surface area contributed by atoms with Crippen molar-refractivity contribution < 1.29 is 9.18 Å². The summed E-state index contributed by atoms with van der Waals surface area (Å²) in [5.41, 5.74) is 0.365. The number of rotatable bonds is 5. The number of carbonyl (C=O) groups is 1. The van der Waals surface area contributed by atoms with E-state index in [9.17, 15) is 9.18 Å². The molecule has 7 heteroatoms. The SMILES string of the molecule is O=C(C=Cc1ccccc1F)Nc1ccnn1Cc1cc(Br)cs1. The minimum absolute atomic E-state index is 0.340. The van der Waals surface area contributed by atoms with Gasteiger partial charge in [0.25, 0.3) is 0 Å². The molecule has 0 fully saturated rings. The Morgan fingerprint density at radius 1 is 1.38 bits per heavy atom. The number of thiophene rings is 1. The molecule has 0 aliphatic heterocycles. The fraction of sp³-hybridized carbons (Fsp3) is 0.0588. The lowest BCUT2D eigenvalue weighted by Gasteiger charge is -2.06. The first kappa shape index (κ1) is 16.6. The van der Waals surface area contributed by atoms with E-state index in [1.54, 1.807) is 46.5 Å². The van der Waals surface area contributed by atoms with Gasteiger partial charge in [-0.05, 0) is 34.1 Å². The lowest BCUT2D eigenvalue weighted by Crippen LogP contribution is -2.13. The zero-order valence-corrected chi connectivity index (χ0v) is 14.8. The fourth-order valence-corrected chi connectivity index (χ4v) is 3.52. The maximum absolute atomic E-state index is 13.5. The molecule has 1 aromatic carbocycles. The Labute approximate surface area is 150 Å². The van der Waals surface area contributed by atoms with Crippen molar-refractivity contribution in [2.75, 3.05) is 5.32 Å². The second-order valence-corrected chi connectivity index (χ2v) is 6.86. The molecular weight excluding hydrogens is 393 g/mol. The largest absolute Gasteiger partial charge is 0.307 e. The summed E-state index contributed by atoms with van der Waals surface area (Å²) in [5.74, 6) is -0.120. The van der Waals surface area contributed by atoms with Gasteiger partial charge in [0.2, 0.25) is 5.91 Å². The highest BCUT2D eigenvalue weighted by molar-refractivity contribution is 9.10. The molecule has 0 spiro atoms. The molecule has 2 aromatic heterocycles. The summed E-state index contributed by atoms with van der Waals surface area (Å²) in [4.78, 5) is 13.2. The van der Waals surface area contributed by atoms with Crippen molar-refractivity contribution in [1.82, 2.24) is 9.78 Å². The molecule has 122 valence electrons. The molecule has 24 heavy (non-hydrogen) atoms. The number of carbonyl (C=O) groups excluding carboxylic acids is 1. The second-order valence-electron chi connectivity index (χ2n) is 4.95. The van der Waals surface area contributed by atoms with Crippen molar-refractivity contribution >= 4 is 45.1 Å². The zero-order valence-electron chi connectivity index (χ0n) is 12.4. The predicted molar refractivity (Wildman–Crippen MR) is 97.4 cm³/mol. The lowest BCUT2D eigenvalue weighted by molar-refractivity contribution is -0.111. The van der Waals surface area contributed by atoms with E-state index >= 15 is 0 Å². The molecule has 0 unspecified atom stereocenters. The number of nitrogens with zero attached hydrogens (tertiary/aromatic N) is 2. The van der Waals surface area contributed by atoms with Crippen LogP contribution in [0, 0.1) is 5.82 Å². The van der Waals surface area contributed by atoms with Gasteiger partial charge in [-0.2, -0.15) is 5.10 Å². The highest BCUT2D eigenvalue weighted by atomic mass is 79.9. The summed E-state index contributed by atoms with van der Waals surface area (Å²) in [7, 11) is 0. The number of hydrogen-bond donors (Lipinski definition) is 1. The smallest absolute Gasteiger partial charge is 0.249 e. The van der Waals surface area contributed by atoms with Gasteiger partial charge in [-0.1, -0.05) is 18.2 Å². The van der Waals surface area contributed by atoms with Crippen LogP contribution < -0.4 is 5.32 Å². The van der Waals surface area contributed by atoms with Crippen LogP contribution in [0.1, 0.15) is 10.4 Å². The van der Waals surface area contributed by atoms with Crippen LogP contribution in [0.2, 0.25) is 0 Å². The van der Waals surface area contributed by atoms with Crippen molar-refractivity contribution in [3.8, 4) is 0 Å². The van der Waals surface area contributed by atoms with Crippen LogP contribution in [0.15, 0.2) is 58.5 Å². The van der Waals surface area contributed by atoms with E-state index in [0.717, 1.165) is 9.35 Å². The standard InChI is InChI=1S/C17H13BrFN3OS/c18-13-9-14(24-11-13)10-22-16(7-8-20-22)21-17(23)6-5-12-3-1-2-4-15(12)19/h1-9,11H,10H2,(H,21,23). The molecule has 1 N–H and O–H groups in total. The van der Waals surface area contributed by atoms with E-state index in [-0.39, 0.29) is 11.7 Å². The molecule has 0 saturated heterocycles. The van der Waals surface area contributed by atoms with Crippen LogP contribution in [-0.4, -0.2) is 15.7 Å². The molecule has 0 saturated carbocycles. The third-order valence-corrected chi connectivity index (χ3v) is 4.90. The number of hydrogen-bond acceptors (Lipinski definition) is 3. The summed E-state index contributed by atoms with van der Waals surface area (Å²) < 4.78 is 16.2. The zero-order chi connectivity index (χ0) is 16.9. The molecule has 2 heterocycles. The maximum atomic E-state index is 13.5. The highest BCUT2D eigenvalue weighted by Crippen LogP contribution is 2.21. The van der Waals surface area contributed by atoms with E-state index in [1.807, 2.05) is 11.4 Å². The Morgan fingerprint density at radius 2 is 2.21 bits per heavy atom. The number of amides is 1. The van der Waals surface area contributed by atoms with E-state index < -0.39 is 0 Å². The van der Waals surface area contributed by atoms with Crippen LogP contribution >= 0.6 is 27.3 Å². The molecular formula is C17H13BrFN3OS. The monoisotopic (exact) mass is 405 g/mol. The molecule has 0 aliphatic carbocycles. The number of nitrogens with one attached hydrogen (secondary N) is 1. The first-order chi connectivity index (χ1) is 11.6. The average molecular weight is 406 g/mol. The van der Waals surface area contributed by atoms with Gasteiger partial charge in [-0.25, -0.2) is 9.07 Å². The molecule has 3 aromatic rings. The summed E-state index contributed by atoms with van der Waals surface area (Å²) >= 11 is 5.02. The van der Waals surface area contributed by atoms with E-state index in [4.69, 9.17) is 0 Å². The van der Waals surface area contributed by atoms with Gasteiger partial charge in [0.15, 0.2) is 0 Å². The van der Waals surface area contributed by atoms with E-state index in [2.05, 4.69) is 26.3 Å². The topological polar surface area (TPSA) is 46.9 Å². The second kappa shape index (κ2) is 7.55. The summed E-state index contributed by atoms with van der Waals surface area (Å²) in [6.07, 6.45) is 4.37. The van der Waals surface area contributed by atoms with Gasteiger partial charge < -0.3 is 5.32 Å². The van der Waals surface area contributed by atoms with Gasteiger partial charge in [0, 0.05) is 32.4 Å². The lowest BCUT2D eigenvalue weighted by atomic mass is 10.2. The van der Waals surface area contributed by atoms with E-state index in [1.165, 1.54) is 18.2 Å². The first-order valence-corrected chi connectivity index (χ1v) is 8.77. The molecule has 0 aliphatic rings. The normalized spacial score (nSPS) is 11.1. The van der Waals surface area contributed by atoms with Crippen molar-refractivity contribution in [2.24, 2.45) is 0 Å². The van der Waals surface area contributed by atoms with Crippen molar-refractivity contribution in [1.29, 1.82) is 0 Å². The van der Waals surface area contributed by atoms with Gasteiger partial charge in [-0.3, -0.25) is 4.79 Å². The van der Waals surface area contributed by atoms with Crippen LogP contribution in [-0.2, 0) is 11.3 Å². The maximum Gasteiger partial charge on any atom is 0.249 e. The molecule has 4 nitrogen and oxygen atoms in total. The molecule has 0 radical (unpaired) electrons. The summed E-state index contributed by atoms with van der Waals surface area (Å²) in [6.45, 7) is 0.565. The molecule has 1 amide bonds. The Balaban J connectivity index is 1.67. The number of halogens is 2. The first-order valence-electron chi connectivity index (χ1n) is 7.10. The third-order valence-electron chi connectivity index (χ3n) is 3.21. The fourth-order valence-electron chi connectivity index (χ4n) is 2.09. The average Bonchev–Trinajstić information content (AvgIpc) is 3.16. The quantitative estimate of drug-likeness (QED) is 0.633. The number of benzene rings is 1. The molecule has 3 rings (SSSR count). The summed E-state index contributed by atoms with van der Waals surface area (Å²) in [5, 5.41) is 8.96. The molecule has 0 bridgehead atoms. The van der Waals surface area contributed by atoms with Crippen LogP contribution in [0.5, 0.6) is 0 Å². The molecule has 0 atom stereocenters. The Hall–Kier alpha value is -2.25. The Morgan fingerprint density at radius 3 is 2.96 bits per heavy atom. The highest BCUT2D eigenvalue weighted by Gasteiger charge is 2.07. The van der Waals surface area contributed by atoms with Gasteiger partial charge >= 0.3 is 0 Å². The van der Waals surface area contributed by atoms with Crippen LogP contribution in [0.3, 0.4) is 0 Å². The third kappa shape index (κ3) is 4.18. The van der Waals surface area contributed by atoms with Crippen LogP contribution in [0.4, 0.5) is 10.2 Å². The minimum Gasteiger partial charge on any atom is -0.307 e. The van der Waals surface area contributed by atoms with Gasteiger partial charge in [0.05, 0.1) is 12.7 Å². The summed E-state index contributed by atoms with van der Waals surface area (Å²) in [6, 6.07) is 10.0. The minimum atomic E-state index is -0.366.